The van der Waals surface area contributed by atoms with Crippen molar-refractivity contribution in [1.29, 1.82) is 0 Å². The molecule has 0 bridgehead atoms. The summed E-state index contributed by atoms with van der Waals surface area (Å²) < 4.78 is 1.96. The first-order chi connectivity index (χ1) is 14.5. The number of nitrogens with one attached hydrogen (secondary N) is 1. The van der Waals surface area contributed by atoms with Crippen LogP contribution in [0.3, 0.4) is 0 Å². The summed E-state index contributed by atoms with van der Waals surface area (Å²) in [6, 6.07) is 16.8. The van der Waals surface area contributed by atoms with Crippen LogP contribution in [-0.2, 0) is 6.42 Å². The second-order valence-corrected chi connectivity index (χ2v) is 8.49. The predicted octanol–water partition coefficient (Wildman–Crippen LogP) is 3.38. The van der Waals surface area contributed by atoms with Crippen molar-refractivity contribution in [1.82, 2.24) is 19.5 Å². The highest BCUT2D eigenvalue weighted by Crippen LogP contribution is 2.20. The zero-order chi connectivity index (χ0) is 21.1. The van der Waals surface area contributed by atoms with Crippen LogP contribution < -0.4 is 5.43 Å². The number of carbonyl (C=O) groups is 1. The largest absolute Gasteiger partial charge is 0.339 e. The van der Waals surface area contributed by atoms with Gasteiger partial charge in [0, 0.05) is 24.7 Å². The first-order valence-corrected chi connectivity index (χ1v) is 10.7. The van der Waals surface area contributed by atoms with E-state index in [1.54, 1.807) is 6.33 Å². The molecule has 6 heteroatoms. The van der Waals surface area contributed by atoms with Crippen molar-refractivity contribution in [3.63, 3.8) is 0 Å². The van der Waals surface area contributed by atoms with Crippen LogP contribution in [0.25, 0.3) is 11.0 Å². The second kappa shape index (κ2) is 8.88. The summed E-state index contributed by atoms with van der Waals surface area (Å²) >= 11 is 0. The van der Waals surface area contributed by atoms with Gasteiger partial charge in [-0.15, -0.1) is 0 Å². The van der Waals surface area contributed by atoms with Crippen LogP contribution >= 0.6 is 0 Å². The fourth-order valence-corrected chi connectivity index (χ4v) is 4.25. The number of rotatable bonds is 6. The van der Waals surface area contributed by atoms with Crippen LogP contribution in [0.4, 0.5) is 0 Å². The maximum absolute atomic E-state index is 13.0. The Hall–Kier alpha value is -2.86. The molecule has 1 aromatic heterocycles. The van der Waals surface area contributed by atoms with Crippen LogP contribution in [0.2, 0.25) is 0 Å². The number of amides is 1. The lowest BCUT2D eigenvalue weighted by molar-refractivity contribution is 0.0659. The molecule has 0 radical (unpaired) electrons. The molecule has 4 rings (SSSR count). The van der Waals surface area contributed by atoms with E-state index in [1.165, 1.54) is 5.56 Å². The molecule has 1 N–H and O–H groups in total. The number of nitrogens with zero attached hydrogens (tertiary/aromatic N) is 4. The van der Waals surface area contributed by atoms with Gasteiger partial charge in [0.15, 0.2) is 0 Å². The maximum atomic E-state index is 13.0. The van der Waals surface area contributed by atoms with E-state index in [9.17, 15) is 4.79 Å². The van der Waals surface area contributed by atoms with Crippen molar-refractivity contribution >= 4 is 16.9 Å². The molecule has 0 spiro atoms. The summed E-state index contributed by atoms with van der Waals surface area (Å²) in [5, 5.41) is 0. The normalized spacial score (nSPS) is 16.5. The van der Waals surface area contributed by atoms with Crippen molar-refractivity contribution in [2.45, 2.75) is 38.3 Å². The van der Waals surface area contributed by atoms with Crippen molar-refractivity contribution in [2.75, 3.05) is 32.6 Å². The topological polar surface area (TPSA) is 53.4 Å². The zero-order valence-corrected chi connectivity index (χ0v) is 18.1. The first kappa shape index (κ1) is 20.4. The highest BCUT2D eigenvalue weighted by atomic mass is 16.2. The number of piperidine rings is 1. The van der Waals surface area contributed by atoms with Crippen LogP contribution in [0.15, 0.2) is 54.9 Å². The smallest absolute Gasteiger partial charge is 0.253 e. The van der Waals surface area contributed by atoms with Gasteiger partial charge in [0.25, 0.3) is 5.91 Å². The molecule has 2 aromatic carbocycles. The first-order valence-electron chi connectivity index (χ1n) is 10.7. The molecule has 1 amide bonds. The van der Waals surface area contributed by atoms with Gasteiger partial charge in [-0.3, -0.25) is 4.79 Å². The Balaban J connectivity index is 1.44. The van der Waals surface area contributed by atoms with Gasteiger partial charge in [0.2, 0.25) is 0 Å². The third kappa shape index (κ3) is 4.49. The SMILES string of the molecule is CC(Cc1ccccc1)Nn1cnc2cc(C(=O)N(C)C3CCN(C)CC3)ccc21. The van der Waals surface area contributed by atoms with E-state index in [0.717, 1.165) is 43.4 Å². The molecule has 3 aromatic rings. The van der Waals surface area contributed by atoms with E-state index in [-0.39, 0.29) is 11.9 Å². The van der Waals surface area contributed by atoms with Gasteiger partial charge in [0.05, 0.1) is 11.0 Å². The number of carbonyl (C=O) groups excluding carboxylic acids is 1. The highest BCUT2D eigenvalue weighted by molar-refractivity contribution is 5.97. The molecule has 2 heterocycles. The molecule has 0 aliphatic carbocycles. The maximum Gasteiger partial charge on any atom is 0.253 e. The number of likely N-dealkylation sites (tertiary alicyclic amines) is 1. The molecule has 0 saturated carbocycles. The van der Waals surface area contributed by atoms with E-state index in [0.29, 0.717) is 11.6 Å². The Morgan fingerprint density at radius 2 is 1.93 bits per heavy atom. The van der Waals surface area contributed by atoms with E-state index in [2.05, 4.69) is 53.5 Å². The number of aromatic nitrogens is 2. The number of fused-ring (bicyclic) bond motifs is 1. The van der Waals surface area contributed by atoms with Crippen LogP contribution in [0.5, 0.6) is 0 Å². The van der Waals surface area contributed by atoms with Crippen molar-refractivity contribution in [3.8, 4) is 0 Å². The number of benzene rings is 2. The van der Waals surface area contributed by atoms with Crippen LogP contribution in [0.1, 0.15) is 35.7 Å². The lowest BCUT2D eigenvalue weighted by atomic mass is 10.0. The van der Waals surface area contributed by atoms with E-state index in [1.807, 2.05) is 40.9 Å². The average Bonchev–Trinajstić information content (AvgIpc) is 3.15. The Kier molecular flexibility index (Phi) is 6.04. The molecular formula is C24H31N5O. The number of hydrogen-bond acceptors (Lipinski definition) is 4. The summed E-state index contributed by atoms with van der Waals surface area (Å²) in [7, 11) is 4.06. The lowest BCUT2D eigenvalue weighted by Crippen LogP contribution is -2.44. The summed E-state index contributed by atoms with van der Waals surface area (Å²) in [5.41, 5.74) is 7.30. The molecule has 6 nitrogen and oxygen atoms in total. The summed E-state index contributed by atoms with van der Waals surface area (Å²) in [6.45, 7) is 4.24. The minimum Gasteiger partial charge on any atom is -0.339 e. The Morgan fingerprint density at radius 1 is 1.20 bits per heavy atom. The molecule has 1 unspecified atom stereocenters. The van der Waals surface area contributed by atoms with Crippen molar-refractivity contribution < 1.29 is 4.79 Å². The Morgan fingerprint density at radius 3 is 2.67 bits per heavy atom. The average molecular weight is 406 g/mol. The minimum absolute atomic E-state index is 0.0754. The molecule has 1 saturated heterocycles. The number of hydrogen-bond donors (Lipinski definition) is 1. The highest BCUT2D eigenvalue weighted by Gasteiger charge is 2.25. The number of imidazole rings is 1. The molecular weight excluding hydrogens is 374 g/mol. The molecule has 1 aliphatic rings. The van der Waals surface area contributed by atoms with Gasteiger partial charge < -0.3 is 15.2 Å². The predicted molar refractivity (Wildman–Crippen MR) is 121 cm³/mol. The lowest BCUT2D eigenvalue weighted by Gasteiger charge is -2.35. The monoisotopic (exact) mass is 405 g/mol. The molecule has 158 valence electrons. The van der Waals surface area contributed by atoms with Gasteiger partial charge in [0.1, 0.15) is 6.33 Å². The van der Waals surface area contributed by atoms with Gasteiger partial charge in [-0.2, -0.15) is 0 Å². The van der Waals surface area contributed by atoms with Gasteiger partial charge in [-0.25, -0.2) is 9.66 Å². The minimum atomic E-state index is 0.0754. The quantitative estimate of drug-likeness (QED) is 0.683. The van der Waals surface area contributed by atoms with E-state index >= 15 is 0 Å². The zero-order valence-electron chi connectivity index (χ0n) is 18.1. The van der Waals surface area contributed by atoms with E-state index < -0.39 is 0 Å². The van der Waals surface area contributed by atoms with Gasteiger partial charge in [-0.05, 0) is 70.1 Å². The van der Waals surface area contributed by atoms with Gasteiger partial charge >= 0.3 is 0 Å². The molecule has 1 aliphatic heterocycles. The molecule has 1 atom stereocenters. The Labute approximate surface area is 178 Å². The van der Waals surface area contributed by atoms with E-state index in [4.69, 9.17) is 0 Å². The molecule has 1 fully saturated rings. The fourth-order valence-electron chi connectivity index (χ4n) is 4.25. The fraction of sp³-hybridized carbons (Fsp3) is 0.417. The Bertz CT molecular complexity index is 991. The van der Waals surface area contributed by atoms with Crippen LogP contribution in [-0.4, -0.2) is 64.6 Å². The van der Waals surface area contributed by atoms with Crippen LogP contribution in [0, 0.1) is 0 Å². The summed E-state index contributed by atoms with van der Waals surface area (Å²) in [4.78, 5) is 21.8. The van der Waals surface area contributed by atoms with Crippen molar-refractivity contribution in [3.05, 3.63) is 66.0 Å². The van der Waals surface area contributed by atoms with Crippen molar-refractivity contribution in [2.24, 2.45) is 0 Å². The second-order valence-electron chi connectivity index (χ2n) is 8.49. The van der Waals surface area contributed by atoms with Gasteiger partial charge in [-0.1, -0.05) is 30.3 Å². The standard InChI is InChI=1S/C24H31N5O/c1-18(15-19-7-5-4-6-8-19)26-29-17-25-22-16-20(9-10-23(22)29)24(30)28(3)21-11-13-27(2)14-12-21/h4-10,16-18,21,26H,11-15H2,1-3H3. The third-order valence-electron chi connectivity index (χ3n) is 6.09. The third-order valence-corrected chi connectivity index (χ3v) is 6.09. The summed E-state index contributed by atoms with van der Waals surface area (Å²) in [6.07, 6.45) is 4.78. The molecule has 30 heavy (non-hydrogen) atoms. The summed E-state index contributed by atoms with van der Waals surface area (Å²) in [5.74, 6) is 0.0754.